The third-order valence-electron chi connectivity index (χ3n) is 3.26. The minimum atomic E-state index is -0.261. The second kappa shape index (κ2) is 5.09. The number of ether oxygens (including phenoxy) is 1. The Morgan fingerprint density at radius 1 is 1.06 bits per heavy atom. The van der Waals surface area contributed by atoms with Crippen molar-refractivity contribution in [1.29, 1.82) is 0 Å². The number of nitrogens with two attached hydrogens (primary N) is 1. The van der Waals surface area contributed by atoms with Crippen LogP contribution in [0.1, 0.15) is 46.6 Å². The SMILES string of the molecule is CCC(C)(CN)Oc1ccc(C(C)(C)C)cc1. The molecule has 0 spiro atoms. The second-order valence-corrected chi connectivity index (χ2v) is 5.88. The largest absolute Gasteiger partial charge is 0.486 e. The van der Waals surface area contributed by atoms with E-state index < -0.39 is 0 Å². The molecule has 17 heavy (non-hydrogen) atoms. The van der Waals surface area contributed by atoms with Crippen molar-refractivity contribution in [3.8, 4) is 5.75 Å². The van der Waals surface area contributed by atoms with Gasteiger partial charge in [-0.25, -0.2) is 0 Å². The number of rotatable bonds is 4. The van der Waals surface area contributed by atoms with Crippen molar-refractivity contribution in [2.45, 2.75) is 52.1 Å². The zero-order valence-corrected chi connectivity index (χ0v) is 11.7. The Bertz CT molecular complexity index is 344. The van der Waals surface area contributed by atoms with Gasteiger partial charge in [-0.3, -0.25) is 0 Å². The molecule has 2 nitrogen and oxygen atoms in total. The highest BCUT2D eigenvalue weighted by atomic mass is 16.5. The number of benzene rings is 1. The van der Waals surface area contributed by atoms with Crippen LogP contribution in [0.15, 0.2) is 24.3 Å². The van der Waals surface area contributed by atoms with E-state index in [1.165, 1.54) is 5.56 Å². The standard InChI is InChI=1S/C15H25NO/c1-6-15(5,11-16)17-13-9-7-12(8-10-13)14(2,3)4/h7-10H,6,11,16H2,1-5H3. The van der Waals surface area contributed by atoms with Gasteiger partial charge in [0, 0.05) is 6.54 Å². The molecule has 0 aromatic heterocycles. The molecule has 0 aliphatic heterocycles. The highest BCUT2D eigenvalue weighted by Crippen LogP contribution is 2.26. The van der Waals surface area contributed by atoms with Crippen LogP contribution < -0.4 is 10.5 Å². The van der Waals surface area contributed by atoms with Gasteiger partial charge < -0.3 is 10.5 Å². The molecule has 0 fully saturated rings. The van der Waals surface area contributed by atoms with E-state index in [0.717, 1.165) is 12.2 Å². The monoisotopic (exact) mass is 235 g/mol. The Morgan fingerprint density at radius 2 is 1.59 bits per heavy atom. The van der Waals surface area contributed by atoms with Crippen LogP contribution in [0.25, 0.3) is 0 Å². The van der Waals surface area contributed by atoms with Gasteiger partial charge in [0.2, 0.25) is 0 Å². The van der Waals surface area contributed by atoms with E-state index in [1.54, 1.807) is 0 Å². The topological polar surface area (TPSA) is 35.2 Å². The lowest BCUT2D eigenvalue weighted by Crippen LogP contribution is -2.39. The molecule has 0 aliphatic rings. The molecular weight excluding hydrogens is 210 g/mol. The predicted octanol–water partition coefficient (Wildman–Crippen LogP) is 3.49. The average Bonchev–Trinajstić information content (AvgIpc) is 2.28. The molecule has 1 unspecified atom stereocenters. The summed E-state index contributed by atoms with van der Waals surface area (Å²) >= 11 is 0. The van der Waals surface area contributed by atoms with Crippen molar-refractivity contribution in [3.05, 3.63) is 29.8 Å². The van der Waals surface area contributed by atoms with Gasteiger partial charge in [-0.15, -0.1) is 0 Å². The molecule has 1 aromatic rings. The fourth-order valence-corrected chi connectivity index (χ4v) is 1.57. The molecule has 1 atom stereocenters. The minimum Gasteiger partial charge on any atom is -0.486 e. The van der Waals surface area contributed by atoms with Crippen molar-refractivity contribution in [2.24, 2.45) is 5.73 Å². The van der Waals surface area contributed by atoms with E-state index in [4.69, 9.17) is 10.5 Å². The van der Waals surface area contributed by atoms with Crippen LogP contribution in [0.4, 0.5) is 0 Å². The first-order chi connectivity index (χ1) is 7.80. The molecule has 1 rings (SSSR count). The van der Waals surface area contributed by atoms with E-state index in [0.29, 0.717) is 6.54 Å². The van der Waals surface area contributed by atoms with Crippen LogP contribution in [-0.2, 0) is 5.41 Å². The lowest BCUT2D eigenvalue weighted by Gasteiger charge is -2.28. The first-order valence-corrected chi connectivity index (χ1v) is 6.30. The van der Waals surface area contributed by atoms with Crippen molar-refractivity contribution in [2.75, 3.05) is 6.54 Å². The fourth-order valence-electron chi connectivity index (χ4n) is 1.57. The third kappa shape index (κ3) is 3.74. The van der Waals surface area contributed by atoms with Gasteiger partial charge in [0.15, 0.2) is 0 Å². The maximum Gasteiger partial charge on any atom is 0.120 e. The molecule has 1 aromatic carbocycles. The van der Waals surface area contributed by atoms with Crippen LogP contribution in [0.3, 0.4) is 0 Å². The maximum absolute atomic E-state index is 5.94. The van der Waals surface area contributed by atoms with Gasteiger partial charge >= 0.3 is 0 Å². The van der Waals surface area contributed by atoms with E-state index in [9.17, 15) is 0 Å². The summed E-state index contributed by atoms with van der Waals surface area (Å²) in [6.45, 7) is 11.3. The van der Waals surface area contributed by atoms with Crippen LogP contribution in [0, 0.1) is 0 Å². The molecule has 96 valence electrons. The van der Waals surface area contributed by atoms with Gasteiger partial charge in [-0.05, 0) is 36.5 Å². The molecule has 2 heteroatoms. The Kier molecular flexibility index (Phi) is 4.21. The summed E-state index contributed by atoms with van der Waals surface area (Å²) < 4.78 is 5.94. The Balaban J connectivity index is 2.82. The molecule has 0 aliphatic carbocycles. The summed E-state index contributed by atoms with van der Waals surface area (Å²) in [6.07, 6.45) is 0.907. The summed E-state index contributed by atoms with van der Waals surface area (Å²) in [5.41, 5.74) is 6.98. The van der Waals surface area contributed by atoms with Crippen LogP contribution in [0.2, 0.25) is 0 Å². The third-order valence-corrected chi connectivity index (χ3v) is 3.26. The Labute approximate surface area is 105 Å². The maximum atomic E-state index is 5.94. The Hall–Kier alpha value is -1.02. The molecule has 0 saturated heterocycles. The predicted molar refractivity (Wildman–Crippen MR) is 73.5 cm³/mol. The first-order valence-electron chi connectivity index (χ1n) is 6.30. The summed E-state index contributed by atoms with van der Waals surface area (Å²) in [7, 11) is 0. The number of hydrogen-bond acceptors (Lipinski definition) is 2. The summed E-state index contributed by atoms with van der Waals surface area (Å²) in [5.74, 6) is 0.896. The zero-order valence-electron chi connectivity index (χ0n) is 11.7. The van der Waals surface area contributed by atoms with Crippen LogP contribution >= 0.6 is 0 Å². The van der Waals surface area contributed by atoms with E-state index in [2.05, 4.69) is 39.8 Å². The van der Waals surface area contributed by atoms with E-state index in [-0.39, 0.29) is 11.0 Å². The molecule has 0 bridgehead atoms. The normalized spacial score (nSPS) is 15.4. The van der Waals surface area contributed by atoms with Crippen molar-refractivity contribution in [1.82, 2.24) is 0 Å². The van der Waals surface area contributed by atoms with Gasteiger partial charge in [0.1, 0.15) is 11.4 Å². The highest BCUT2D eigenvalue weighted by Gasteiger charge is 2.22. The van der Waals surface area contributed by atoms with Crippen molar-refractivity contribution >= 4 is 0 Å². The summed E-state index contributed by atoms with van der Waals surface area (Å²) in [6, 6.07) is 8.32. The van der Waals surface area contributed by atoms with Crippen LogP contribution in [-0.4, -0.2) is 12.1 Å². The zero-order chi connectivity index (χ0) is 13.1. The van der Waals surface area contributed by atoms with Crippen molar-refractivity contribution in [3.63, 3.8) is 0 Å². The summed E-state index contributed by atoms with van der Waals surface area (Å²) in [4.78, 5) is 0. The lowest BCUT2D eigenvalue weighted by atomic mass is 9.87. The quantitative estimate of drug-likeness (QED) is 0.867. The van der Waals surface area contributed by atoms with Gasteiger partial charge in [-0.1, -0.05) is 39.8 Å². The lowest BCUT2D eigenvalue weighted by molar-refractivity contribution is 0.0935. The minimum absolute atomic E-state index is 0.181. The molecule has 0 saturated carbocycles. The fraction of sp³-hybridized carbons (Fsp3) is 0.600. The van der Waals surface area contributed by atoms with Crippen molar-refractivity contribution < 1.29 is 4.74 Å². The first kappa shape index (κ1) is 14.0. The second-order valence-electron chi connectivity index (χ2n) is 5.88. The molecule has 0 amide bonds. The smallest absolute Gasteiger partial charge is 0.120 e. The molecule has 0 radical (unpaired) electrons. The van der Waals surface area contributed by atoms with Gasteiger partial charge in [0.05, 0.1) is 0 Å². The van der Waals surface area contributed by atoms with Gasteiger partial charge in [0.25, 0.3) is 0 Å². The summed E-state index contributed by atoms with van der Waals surface area (Å²) in [5, 5.41) is 0. The molecule has 2 N–H and O–H groups in total. The van der Waals surface area contributed by atoms with Crippen LogP contribution in [0.5, 0.6) is 5.75 Å². The van der Waals surface area contributed by atoms with E-state index >= 15 is 0 Å². The van der Waals surface area contributed by atoms with E-state index in [1.807, 2.05) is 19.1 Å². The Morgan fingerprint density at radius 3 is 1.94 bits per heavy atom. The molecule has 0 heterocycles. The molecular formula is C15H25NO. The highest BCUT2D eigenvalue weighted by molar-refractivity contribution is 5.31. The average molecular weight is 235 g/mol. The number of hydrogen-bond donors (Lipinski definition) is 1. The van der Waals surface area contributed by atoms with Gasteiger partial charge in [-0.2, -0.15) is 0 Å².